The molecule has 0 radical (unpaired) electrons. The van der Waals surface area contributed by atoms with Crippen LogP contribution in [0.2, 0.25) is 0 Å². The predicted molar refractivity (Wildman–Crippen MR) is 65.4 cm³/mol. The first-order valence-corrected chi connectivity index (χ1v) is 5.90. The largest absolute Gasteiger partial charge is 0.405 e. The summed E-state index contributed by atoms with van der Waals surface area (Å²) in [6.07, 6.45) is -2.03. The van der Waals surface area contributed by atoms with Gasteiger partial charge in [0.15, 0.2) is 0 Å². The summed E-state index contributed by atoms with van der Waals surface area (Å²) in [6, 6.07) is 3.15. The highest BCUT2D eigenvalue weighted by molar-refractivity contribution is 5.44. The molecule has 0 spiro atoms. The summed E-state index contributed by atoms with van der Waals surface area (Å²) in [5.41, 5.74) is 6.96. The van der Waals surface area contributed by atoms with Crippen LogP contribution in [0.1, 0.15) is 32.0 Å². The van der Waals surface area contributed by atoms with Crippen LogP contribution < -0.4 is 10.6 Å². The van der Waals surface area contributed by atoms with Crippen molar-refractivity contribution in [1.82, 2.24) is 4.98 Å². The van der Waals surface area contributed by atoms with Crippen molar-refractivity contribution < 1.29 is 13.2 Å². The molecular weight excluding hydrogens is 243 g/mol. The van der Waals surface area contributed by atoms with Crippen LogP contribution in [0.4, 0.5) is 18.9 Å². The molecule has 0 amide bonds. The molecule has 1 aromatic heterocycles. The van der Waals surface area contributed by atoms with Crippen LogP contribution in [0.15, 0.2) is 18.3 Å². The Hall–Kier alpha value is -1.30. The van der Waals surface area contributed by atoms with Crippen molar-refractivity contribution in [2.45, 2.75) is 32.5 Å². The Morgan fingerprint density at radius 1 is 1.33 bits per heavy atom. The lowest BCUT2D eigenvalue weighted by Crippen LogP contribution is -2.34. The van der Waals surface area contributed by atoms with Gasteiger partial charge in [-0.3, -0.25) is 4.98 Å². The number of pyridine rings is 1. The molecule has 0 aliphatic heterocycles. The van der Waals surface area contributed by atoms with Gasteiger partial charge in [-0.1, -0.05) is 6.92 Å². The lowest BCUT2D eigenvalue weighted by molar-refractivity contribution is -0.119. The first kappa shape index (κ1) is 14.8. The average Bonchev–Trinajstić information content (AvgIpc) is 2.34. The summed E-state index contributed by atoms with van der Waals surface area (Å²) >= 11 is 0. The molecule has 3 nitrogen and oxygen atoms in total. The first-order chi connectivity index (χ1) is 8.37. The lowest BCUT2D eigenvalue weighted by Gasteiger charge is -2.24. The van der Waals surface area contributed by atoms with Crippen LogP contribution in [0.3, 0.4) is 0 Å². The molecule has 0 saturated carbocycles. The molecule has 18 heavy (non-hydrogen) atoms. The van der Waals surface area contributed by atoms with Gasteiger partial charge in [-0.05, 0) is 25.5 Å². The fourth-order valence-corrected chi connectivity index (χ4v) is 1.62. The van der Waals surface area contributed by atoms with Crippen LogP contribution in [0.5, 0.6) is 0 Å². The third-order valence-corrected chi connectivity index (χ3v) is 2.71. The van der Waals surface area contributed by atoms with E-state index in [1.807, 2.05) is 6.92 Å². The van der Waals surface area contributed by atoms with Crippen LogP contribution >= 0.6 is 0 Å². The van der Waals surface area contributed by atoms with Crippen molar-refractivity contribution in [1.29, 1.82) is 0 Å². The minimum Gasteiger partial charge on any atom is -0.362 e. The maximum absolute atomic E-state index is 12.4. The average molecular weight is 261 g/mol. The van der Waals surface area contributed by atoms with E-state index in [0.29, 0.717) is 11.4 Å². The standard InChI is InChI=1S/C12H18F3N3/c1-3-10(16)11-6-5-9(7-17-11)18(4-2)8-12(13,14)15/h5-7,10H,3-4,8,16H2,1-2H3/t10-/m0/s1. The molecule has 1 heterocycles. The normalized spacial score (nSPS) is 13.4. The van der Waals surface area contributed by atoms with E-state index in [9.17, 15) is 13.2 Å². The highest BCUT2D eigenvalue weighted by Crippen LogP contribution is 2.22. The quantitative estimate of drug-likeness (QED) is 0.886. The zero-order valence-corrected chi connectivity index (χ0v) is 10.5. The summed E-state index contributed by atoms with van der Waals surface area (Å²) in [4.78, 5) is 5.34. The van der Waals surface area contributed by atoms with Gasteiger partial charge in [0.2, 0.25) is 0 Å². The molecular formula is C12H18F3N3. The molecule has 2 N–H and O–H groups in total. The molecule has 102 valence electrons. The van der Waals surface area contributed by atoms with Gasteiger partial charge in [0.1, 0.15) is 6.54 Å². The number of nitrogens with two attached hydrogens (primary N) is 1. The Labute approximate surface area is 105 Å². The highest BCUT2D eigenvalue weighted by Gasteiger charge is 2.30. The van der Waals surface area contributed by atoms with Crippen molar-refractivity contribution in [2.24, 2.45) is 5.73 Å². The fraction of sp³-hybridized carbons (Fsp3) is 0.583. The molecule has 0 unspecified atom stereocenters. The van der Waals surface area contributed by atoms with E-state index in [1.54, 1.807) is 19.1 Å². The predicted octanol–water partition coefficient (Wildman–Crippen LogP) is 2.88. The van der Waals surface area contributed by atoms with Gasteiger partial charge in [0.05, 0.1) is 17.6 Å². The summed E-state index contributed by atoms with van der Waals surface area (Å²) < 4.78 is 37.1. The summed E-state index contributed by atoms with van der Waals surface area (Å²) in [7, 11) is 0. The number of hydrogen-bond acceptors (Lipinski definition) is 3. The summed E-state index contributed by atoms with van der Waals surface area (Å²) in [5, 5.41) is 0. The van der Waals surface area contributed by atoms with E-state index in [1.165, 1.54) is 11.1 Å². The number of aromatic nitrogens is 1. The minimum absolute atomic E-state index is 0.170. The van der Waals surface area contributed by atoms with Crippen molar-refractivity contribution in [3.8, 4) is 0 Å². The molecule has 1 rings (SSSR count). The Morgan fingerprint density at radius 3 is 2.39 bits per heavy atom. The first-order valence-electron chi connectivity index (χ1n) is 5.90. The topological polar surface area (TPSA) is 42.1 Å². The van der Waals surface area contributed by atoms with E-state index in [2.05, 4.69) is 4.98 Å². The van der Waals surface area contributed by atoms with Gasteiger partial charge in [0.25, 0.3) is 0 Å². The van der Waals surface area contributed by atoms with Gasteiger partial charge in [0, 0.05) is 12.6 Å². The Bertz CT molecular complexity index is 362. The number of anilines is 1. The van der Waals surface area contributed by atoms with E-state index in [0.717, 1.165) is 6.42 Å². The van der Waals surface area contributed by atoms with Crippen LogP contribution in [0.25, 0.3) is 0 Å². The van der Waals surface area contributed by atoms with Crippen molar-refractivity contribution in [3.05, 3.63) is 24.0 Å². The summed E-state index contributed by atoms with van der Waals surface area (Å²) in [6.45, 7) is 2.92. The van der Waals surface area contributed by atoms with Crippen molar-refractivity contribution in [3.63, 3.8) is 0 Å². The van der Waals surface area contributed by atoms with Gasteiger partial charge in [-0.25, -0.2) is 0 Å². The van der Waals surface area contributed by atoms with E-state index in [-0.39, 0.29) is 12.6 Å². The van der Waals surface area contributed by atoms with Gasteiger partial charge >= 0.3 is 6.18 Å². The lowest BCUT2D eigenvalue weighted by atomic mass is 10.1. The molecule has 1 atom stereocenters. The molecule has 0 bridgehead atoms. The molecule has 0 aliphatic carbocycles. The number of alkyl halides is 3. The molecule has 0 aliphatic rings. The van der Waals surface area contributed by atoms with E-state index >= 15 is 0 Å². The third kappa shape index (κ3) is 4.18. The fourth-order valence-electron chi connectivity index (χ4n) is 1.62. The van der Waals surface area contributed by atoms with Crippen molar-refractivity contribution in [2.75, 3.05) is 18.0 Å². The SMILES string of the molecule is CC[C@H](N)c1ccc(N(CC)CC(F)(F)F)cn1. The Kier molecular flexibility index (Phi) is 4.95. The number of hydrogen-bond donors (Lipinski definition) is 1. The maximum atomic E-state index is 12.4. The maximum Gasteiger partial charge on any atom is 0.405 e. The number of halogens is 3. The zero-order chi connectivity index (χ0) is 13.8. The molecule has 6 heteroatoms. The Balaban J connectivity index is 2.82. The van der Waals surface area contributed by atoms with Crippen LogP contribution in [-0.2, 0) is 0 Å². The molecule has 0 saturated heterocycles. The molecule has 0 fully saturated rings. The minimum atomic E-state index is -4.21. The second kappa shape index (κ2) is 6.04. The summed E-state index contributed by atoms with van der Waals surface area (Å²) in [5.74, 6) is 0. The van der Waals surface area contributed by atoms with Crippen LogP contribution in [-0.4, -0.2) is 24.2 Å². The van der Waals surface area contributed by atoms with Crippen LogP contribution in [0, 0.1) is 0 Å². The monoisotopic (exact) mass is 261 g/mol. The number of nitrogens with zero attached hydrogens (tertiary/aromatic N) is 2. The Morgan fingerprint density at radius 2 is 2.00 bits per heavy atom. The van der Waals surface area contributed by atoms with E-state index in [4.69, 9.17) is 5.73 Å². The molecule has 0 aromatic carbocycles. The van der Waals surface area contributed by atoms with E-state index < -0.39 is 12.7 Å². The van der Waals surface area contributed by atoms with Crippen molar-refractivity contribution >= 4 is 5.69 Å². The smallest absolute Gasteiger partial charge is 0.362 e. The molecule has 1 aromatic rings. The highest BCUT2D eigenvalue weighted by atomic mass is 19.4. The zero-order valence-electron chi connectivity index (χ0n) is 10.5. The van der Waals surface area contributed by atoms with Gasteiger partial charge < -0.3 is 10.6 Å². The second-order valence-electron chi connectivity index (χ2n) is 4.09. The second-order valence-corrected chi connectivity index (χ2v) is 4.09. The van der Waals surface area contributed by atoms with Gasteiger partial charge in [-0.15, -0.1) is 0 Å². The van der Waals surface area contributed by atoms with Gasteiger partial charge in [-0.2, -0.15) is 13.2 Å². The number of rotatable bonds is 5. The third-order valence-electron chi connectivity index (χ3n) is 2.71.